The van der Waals surface area contributed by atoms with Gasteiger partial charge in [-0.3, -0.25) is 9.59 Å². The molecular weight excluding hydrogens is 256 g/mol. The zero-order valence-electron chi connectivity index (χ0n) is 11.7. The van der Waals surface area contributed by atoms with E-state index in [1.165, 1.54) is 6.07 Å². The molecule has 0 radical (unpaired) electrons. The first kappa shape index (κ1) is 14.5. The minimum atomic E-state index is -0.313. The third kappa shape index (κ3) is 2.51. The van der Waals surface area contributed by atoms with Gasteiger partial charge in [0.1, 0.15) is 5.75 Å². The number of hydrogen-bond acceptors (Lipinski definition) is 4. The second-order valence-corrected chi connectivity index (χ2v) is 4.87. The van der Waals surface area contributed by atoms with E-state index in [1.807, 2.05) is 0 Å². The number of benzene rings is 1. The van der Waals surface area contributed by atoms with E-state index >= 15 is 0 Å². The molecule has 0 amide bonds. The molecule has 1 aromatic carbocycles. The molecule has 106 valence electrons. The smallest absolute Gasteiger partial charge is 0.196 e. The van der Waals surface area contributed by atoms with Crippen LogP contribution in [0.3, 0.4) is 0 Å². The van der Waals surface area contributed by atoms with Gasteiger partial charge in [-0.1, -0.05) is 25.5 Å². The molecule has 0 saturated carbocycles. The number of rotatable bonds is 5. The van der Waals surface area contributed by atoms with Gasteiger partial charge in [0.15, 0.2) is 11.6 Å². The molecule has 0 aromatic heterocycles. The largest absolute Gasteiger partial charge is 0.507 e. The zero-order chi connectivity index (χ0) is 14.7. The molecule has 0 atom stereocenters. The molecule has 0 saturated heterocycles. The third-order valence-electron chi connectivity index (χ3n) is 3.47. The molecule has 2 rings (SSSR count). The van der Waals surface area contributed by atoms with Crippen LogP contribution in [0.25, 0.3) is 0 Å². The van der Waals surface area contributed by atoms with Gasteiger partial charge < -0.3 is 9.84 Å². The van der Waals surface area contributed by atoms with E-state index < -0.39 is 0 Å². The monoisotopic (exact) mass is 274 g/mol. The maximum absolute atomic E-state index is 12.4. The highest BCUT2D eigenvalue weighted by Gasteiger charge is 2.31. The Bertz CT molecular complexity index is 584. The van der Waals surface area contributed by atoms with Crippen LogP contribution in [0.4, 0.5) is 0 Å². The lowest BCUT2D eigenvalue weighted by Gasteiger charge is -2.19. The van der Waals surface area contributed by atoms with Crippen molar-refractivity contribution in [3.05, 3.63) is 40.5 Å². The second-order valence-electron chi connectivity index (χ2n) is 4.87. The number of Topliss-reactive ketones (excluding diaryl/α,β-unsaturated/α-hetero) is 2. The summed E-state index contributed by atoms with van der Waals surface area (Å²) in [5, 5.41) is 9.82. The number of fused-ring (bicyclic) bond motifs is 1. The van der Waals surface area contributed by atoms with Gasteiger partial charge >= 0.3 is 0 Å². The van der Waals surface area contributed by atoms with Crippen molar-refractivity contribution < 1.29 is 19.4 Å². The van der Waals surface area contributed by atoms with E-state index in [2.05, 4.69) is 6.92 Å². The van der Waals surface area contributed by atoms with Crippen LogP contribution in [0.1, 0.15) is 47.4 Å². The highest BCUT2D eigenvalue weighted by molar-refractivity contribution is 6.27. The first-order valence-electron chi connectivity index (χ1n) is 6.76. The molecular formula is C16H18O4. The molecule has 1 aromatic rings. The van der Waals surface area contributed by atoms with Crippen LogP contribution in [-0.4, -0.2) is 29.9 Å². The topological polar surface area (TPSA) is 63.6 Å². The minimum absolute atomic E-state index is 0.0946. The lowest BCUT2D eigenvalue weighted by molar-refractivity contribution is 0.0930. The molecule has 0 bridgehead atoms. The van der Waals surface area contributed by atoms with Gasteiger partial charge in [-0.2, -0.15) is 0 Å². The highest BCUT2D eigenvalue weighted by Crippen LogP contribution is 2.31. The highest BCUT2D eigenvalue weighted by atomic mass is 16.5. The van der Waals surface area contributed by atoms with E-state index in [4.69, 9.17) is 4.74 Å². The molecule has 0 unspecified atom stereocenters. The van der Waals surface area contributed by atoms with Crippen LogP contribution in [0.5, 0.6) is 5.75 Å². The Hall–Kier alpha value is -1.94. The van der Waals surface area contributed by atoms with E-state index in [9.17, 15) is 14.7 Å². The van der Waals surface area contributed by atoms with Gasteiger partial charge in [-0.05, 0) is 19.4 Å². The Morgan fingerprint density at radius 3 is 2.65 bits per heavy atom. The Labute approximate surface area is 118 Å². The molecule has 1 aliphatic rings. The summed E-state index contributed by atoms with van der Waals surface area (Å²) < 4.78 is 5.45. The first-order chi connectivity index (χ1) is 9.57. The third-order valence-corrected chi connectivity index (χ3v) is 3.47. The van der Waals surface area contributed by atoms with E-state index in [1.54, 1.807) is 19.1 Å². The number of carbonyl (C=O) groups excluding carboxylic acids is 2. The average Bonchev–Trinajstić information content (AvgIpc) is 2.44. The van der Waals surface area contributed by atoms with Crippen LogP contribution in [0.2, 0.25) is 0 Å². The molecule has 4 nitrogen and oxygen atoms in total. The number of phenols is 1. The number of hydrogen-bond donors (Lipinski definition) is 1. The summed E-state index contributed by atoms with van der Waals surface area (Å²) in [6.45, 7) is 4.36. The Morgan fingerprint density at radius 1 is 1.20 bits per heavy atom. The van der Waals surface area contributed by atoms with Crippen molar-refractivity contribution in [3.63, 3.8) is 0 Å². The summed E-state index contributed by atoms with van der Waals surface area (Å²) in [6.07, 6.45) is 1.92. The van der Waals surface area contributed by atoms with Crippen LogP contribution in [-0.2, 0) is 4.74 Å². The van der Waals surface area contributed by atoms with Crippen LogP contribution in [0, 0.1) is 0 Å². The number of allylic oxidation sites excluding steroid dienone is 1. The predicted octanol–water partition coefficient (Wildman–Crippen LogP) is 2.90. The molecule has 20 heavy (non-hydrogen) atoms. The Kier molecular flexibility index (Phi) is 4.35. The Morgan fingerprint density at radius 2 is 1.95 bits per heavy atom. The molecule has 4 heteroatoms. The van der Waals surface area contributed by atoms with Gasteiger partial charge in [-0.25, -0.2) is 0 Å². The number of ketones is 2. The fourth-order valence-electron chi connectivity index (χ4n) is 2.22. The van der Waals surface area contributed by atoms with Crippen molar-refractivity contribution in [2.75, 3.05) is 13.2 Å². The maximum atomic E-state index is 12.4. The molecule has 1 aliphatic carbocycles. The molecule has 0 spiro atoms. The SMILES string of the molecule is CCCCOCC1=C(C)C(=O)c2cccc(O)c2C1=O. The number of ether oxygens (including phenoxy) is 1. The fourth-order valence-corrected chi connectivity index (χ4v) is 2.22. The van der Waals surface area contributed by atoms with Gasteiger partial charge in [0.25, 0.3) is 0 Å². The normalized spacial score (nSPS) is 14.7. The van der Waals surface area contributed by atoms with Crippen LogP contribution >= 0.6 is 0 Å². The van der Waals surface area contributed by atoms with Crippen molar-refractivity contribution in [2.24, 2.45) is 0 Å². The predicted molar refractivity (Wildman–Crippen MR) is 75.2 cm³/mol. The van der Waals surface area contributed by atoms with Gasteiger partial charge in [0.05, 0.1) is 12.2 Å². The summed E-state index contributed by atoms with van der Waals surface area (Å²) in [5.74, 6) is -0.685. The van der Waals surface area contributed by atoms with Crippen LogP contribution in [0.15, 0.2) is 29.3 Å². The van der Waals surface area contributed by atoms with Crippen molar-refractivity contribution in [1.82, 2.24) is 0 Å². The quantitative estimate of drug-likeness (QED) is 0.838. The summed E-state index contributed by atoms with van der Waals surface area (Å²) in [4.78, 5) is 24.6. The summed E-state index contributed by atoms with van der Waals surface area (Å²) >= 11 is 0. The van der Waals surface area contributed by atoms with Crippen molar-refractivity contribution in [3.8, 4) is 5.75 Å². The van der Waals surface area contributed by atoms with Crippen molar-refractivity contribution in [2.45, 2.75) is 26.7 Å². The van der Waals surface area contributed by atoms with Gasteiger partial charge in [0.2, 0.25) is 0 Å². The number of aromatic hydroxyl groups is 1. The summed E-state index contributed by atoms with van der Waals surface area (Å²) in [5.41, 5.74) is 1.12. The molecule has 1 N–H and O–H groups in total. The number of phenolic OH excluding ortho intramolecular Hbond substituents is 1. The van der Waals surface area contributed by atoms with E-state index in [0.717, 1.165) is 12.8 Å². The second kappa shape index (κ2) is 6.01. The van der Waals surface area contributed by atoms with Crippen molar-refractivity contribution in [1.29, 1.82) is 0 Å². The van der Waals surface area contributed by atoms with Crippen LogP contribution < -0.4 is 0 Å². The first-order valence-corrected chi connectivity index (χ1v) is 6.76. The standard InChI is InChI=1S/C16H18O4/c1-3-4-8-20-9-12-10(2)15(18)11-6-5-7-13(17)14(11)16(12)19/h5-7,17H,3-4,8-9H2,1-2H3. The lowest BCUT2D eigenvalue weighted by atomic mass is 9.84. The minimum Gasteiger partial charge on any atom is -0.507 e. The fraction of sp³-hybridized carbons (Fsp3) is 0.375. The average molecular weight is 274 g/mol. The zero-order valence-corrected chi connectivity index (χ0v) is 11.7. The van der Waals surface area contributed by atoms with Gasteiger partial charge in [0, 0.05) is 23.3 Å². The van der Waals surface area contributed by atoms with E-state index in [-0.39, 0.29) is 35.0 Å². The lowest BCUT2D eigenvalue weighted by Crippen LogP contribution is -2.23. The molecule has 0 aliphatic heterocycles. The molecule has 0 fully saturated rings. The Balaban J connectivity index is 2.30. The summed E-state index contributed by atoms with van der Waals surface area (Å²) in [7, 11) is 0. The summed E-state index contributed by atoms with van der Waals surface area (Å²) in [6, 6.07) is 4.54. The molecule has 0 heterocycles. The number of unbranched alkanes of at least 4 members (excludes halogenated alkanes) is 1. The number of carbonyl (C=O) groups is 2. The van der Waals surface area contributed by atoms with Gasteiger partial charge in [-0.15, -0.1) is 0 Å². The van der Waals surface area contributed by atoms with Crippen molar-refractivity contribution >= 4 is 11.6 Å². The maximum Gasteiger partial charge on any atom is 0.196 e. The van der Waals surface area contributed by atoms with E-state index in [0.29, 0.717) is 17.8 Å².